The van der Waals surface area contributed by atoms with Crippen molar-refractivity contribution in [3.05, 3.63) is 11.1 Å². The quantitative estimate of drug-likeness (QED) is 0.888. The number of nitrogens with zero attached hydrogens (tertiary/aromatic N) is 3. The molecule has 1 aromatic heterocycles. The lowest BCUT2D eigenvalue weighted by Gasteiger charge is -2.13. The van der Waals surface area contributed by atoms with Gasteiger partial charge in [0.15, 0.2) is 5.13 Å². The van der Waals surface area contributed by atoms with E-state index >= 15 is 0 Å². The molecule has 4 nitrogen and oxygen atoms in total. The topological polar surface area (TPSA) is 45.4 Å². The Kier molecular flexibility index (Phi) is 4.98. The first-order chi connectivity index (χ1) is 7.15. The number of thiazole rings is 1. The minimum atomic E-state index is 0. The second kappa shape index (κ2) is 5.82. The van der Waals surface area contributed by atoms with Crippen LogP contribution < -0.4 is 10.6 Å². The first-order valence-corrected chi connectivity index (χ1v) is 6.07. The largest absolute Gasteiger partial charge is 0.354 e. The van der Waals surface area contributed by atoms with Gasteiger partial charge in [-0.15, -0.1) is 23.7 Å². The zero-order valence-corrected chi connectivity index (χ0v) is 11.4. The number of hydrogen-bond acceptors (Lipinski definition) is 5. The number of likely N-dealkylation sites (tertiary alicyclic amines) is 1. The standard InChI is InChI=1S/C10H18N4S.ClH/c1-13(2)10-12-5-9(15-10)7-14-4-3-8(11)6-14;/h5,8H,3-4,6-7,11H2,1-2H3;1H/t8-;/m1./s1. The van der Waals surface area contributed by atoms with Crippen molar-refractivity contribution >= 4 is 28.9 Å². The summed E-state index contributed by atoms with van der Waals surface area (Å²) in [4.78, 5) is 10.1. The molecule has 1 aliphatic rings. The first kappa shape index (κ1) is 13.7. The van der Waals surface area contributed by atoms with Gasteiger partial charge in [-0.25, -0.2) is 4.98 Å². The minimum Gasteiger partial charge on any atom is -0.354 e. The fraction of sp³-hybridized carbons (Fsp3) is 0.700. The molecule has 92 valence electrons. The second-order valence-corrected chi connectivity index (χ2v) is 5.38. The summed E-state index contributed by atoms with van der Waals surface area (Å²) in [6.07, 6.45) is 3.10. The van der Waals surface area contributed by atoms with Crippen molar-refractivity contribution in [3.8, 4) is 0 Å². The normalized spacial score (nSPS) is 20.8. The highest BCUT2D eigenvalue weighted by molar-refractivity contribution is 7.15. The van der Waals surface area contributed by atoms with Crippen LogP contribution in [0, 0.1) is 0 Å². The molecule has 1 fully saturated rings. The Morgan fingerprint density at radius 1 is 1.62 bits per heavy atom. The molecule has 0 unspecified atom stereocenters. The van der Waals surface area contributed by atoms with Crippen molar-refractivity contribution in [3.63, 3.8) is 0 Å². The first-order valence-electron chi connectivity index (χ1n) is 5.25. The Balaban J connectivity index is 0.00000128. The maximum Gasteiger partial charge on any atom is 0.185 e. The van der Waals surface area contributed by atoms with E-state index in [-0.39, 0.29) is 12.4 Å². The third-order valence-electron chi connectivity index (χ3n) is 2.61. The summed E-state index contributed by atoms with van der Waals surface area (Å²) in [7, 11) is 4.04. The van der Waals surface area contributed by atoms with Crippen LogP contribution in [0.25, 0.3) is 0 Å². The van der Waals surface area contributed by atoms with Crippen molar-refractivity contribution in [2.45, 2.75) is 19.0 Å². The highest BCUT2D eigenvalue weighted by atomic mass is 35.5. The fourth-order valence-corrected chi connectivity index (χ4v) is 2.68. The van der Waals surface area contributed by atoms with Gasteiger partial charge in [-0.2, -0.15) is 0 Å². The average molecular weight is 263 g/mol. The van der Waals surface area contributed by atoms with E-state index in [0.29, 0.717) is 6.04 Å². The number of halogens is 1. The Morgan fingerprint density at radius 3 is 2.88 bits per heavy atom. The van der Waals surface area contributed by atoms with Crippen molar-refractivity contribution in [2.24, 2.45) is 5.73 Å². The molecule has 2 heterocycles. The van der Waals surface area contributed by atoms with Crippen LogP contribution in [0.5, 0.6) is 0 Å². The van der Waals surface area contributed by atoms with Gasteiger partial charge in [0, 0.05) is 50.8 Å². The van der Waals surface area contributed by atoms with E-state index in [0.717, 1.165) is 31.2 Å². The van der Waals surface area contributed by atoms with Gasteiger partial charge in [0.25, 0.3) is 0 Å². The maximum absolute atomic E-state index is 5.87. The Morgan fingerprint density at radius 2 is 2.38 bits per heavy atom. The van der Waals surface area contributed by atoms with E-state index in [9.17, 15) is 0 Å². The van der Waals surface area contributed by atoms with Crippen LogP contribution in [-0.2, 0) is 6.54 Å². The molecule has 0 bridgehead atoms. The Hall–Kier alpha value is -0.360. The number of anilines is 1. The van der Waals surface area contributed by atoms with Crippen molar-refractivity contribution in [1.82, 2.24) is 9.88 Å². The molecule has 0 spiro atoms. The lowest BCUT2D eigenvalue weighted by atomic mass is 10.3. The summed E-state index contributed by atoms with van der Waals surface area (Å²) >= 11 is 1.76. The molecule has 0 aliphatic carbocycles. The van der Waals surface area contributed by atoms with Gasteiger partial charge >= 0.3 is 0 Å². The highest BCUT2D eigenvalue weighted by Crippen LogP contribution is 2.22. The van der Waals surface area contributed by atoms with E-state index < -0.39 is 0 Å². The molecule has 16 heavy (non-hydrogen) atoms. The predicted octanol–water partition coefficient (Wildman–Crippen LogP) is 1.16. The number of nitrogens with two attached hydrogens (primary N) is 1. The fourth-order valence-electron chi connectivity index (χ4n) is 1.80. The van der Waals surface area contributed by atoms with Gasteiger partial charge < -0.3 is 10.6 Å². The van der Waals surface area contributed by atoms with E-state index in [1.165, 1.54) is 4.88 Å². The number of rotatable bonds is 3. The molecule has 1 saturated heterocycles. The molecule has 1 atom stereocenters. The van der Waals surface area contributed by atoms with Crippen LogP contribution in [0.3, 0.4) is 0 Å². The molecule has 2 rings (SSSR count). The molecule has 0 saturated carbocycles. The van der Waals surface area contributed by atoms with E-state index in [2.05, 4.69) is 9.88 Å². The predicted molar refractivity (Wildman–Crippen MR) is 71.6 cm³/mol. The molecule has 1 aliphatic heterocycles. The number of hydrogen-bond donors (Lipinski definition) is 1. The third-order valence-corrected chi connectivity index (χ3v) is 3.76. The van der Waals surface area contributed by atoms with Crippen LogP contribution in [0.2, 0.25) is 0 Å². The Bertz CT molecular complexity index is 328. The van der Waals surface area contributed by atoms with E-state index in [4.69, 9.17) is 5.73 Å². The monoisotopic (exact) mass is 262 g/mol. The van der Waals surface area contributed by atoms with Crippen LogP contribution >= 0.6 is 23.7 Å². The zero-order valence-electron chi connectivity index (χ0n) is 9.72. The van der Waals surface area contributed by atoms with Gasteiger partial charge in [-0.3, -0.25) is 4.90 Å². The van der Waals surface area contributed by atoms with Gasteiger partial charge in [0.1, 0.15) is 0 Å². The van der Waals surface area contributed by atoms with Crippen LogP contribution in [0.15, 0.2) is 6.20 Å². The van der Waals surface area contributed by atoms with Gasteiger partial charge in [-0.1, -0.05) is 0 Å². The average Bonchev–Trinajstić information content (AvgIpc) is 2.76. The van der Waals surface area contributed by atoms with E-state index in [1.807, 2.05) is 25.2 Å². The van der Waals surface area contributed by atoms with Crippen molar-refractivity contribution in [2.75, 3.05) is 32.1 Å². The van der Waals surface area contributed by atoms with Crippen LogP contribution in [-0.4, -0.2) is 43.1 Å². The second-order valence-electron chi connectivity index (χ2n) is 4.29. The summed E-state index contributed by atoms with van der Waals surface area (Å²) < 4.78 is 0. The molecule has 0 radical (unpaired) electrons. The lowest BCUT2D eigenvalue weighted by Crippen LogP contribution is -2.25. The van der Waals surface area contributed by atoms with Gasteiger partial charge in [0.05, 0.1) is 0 Å². The molecule has 0 amide bonds. The smallest absolute Gasteiger partial charge is 0.185 e. The Labute approximate surface area is 107 Å². The summed E-state index contributed by atoms with van der Waals surface area (Å²) in [6, 6.07) is 0.367. The van der Waals surface area contributed by atoms with Crippen LogP contribution in [0.4, 0.5) is 5.13 Å². The third kappa shape index (κ3) is 3.31. The van der Waals surface area contributed by atoms with Gasteiger partial charge in [0.2, 0.25) is 0 Å². The zero-order chi connectivity index (χ0) is 10.8. The lowest BCUT2D eigenvalue weighted by molar-refractivity contribution is 0.329. The molecule has 1 aromatic rings. The number of aromatic nitrogens is 1. The summed E-state index contributed by atoms with van der Waals surface area (Å²) in [5.74, 6) is 0. The summed E-state index contributed by atoms with van der Waals surface area (Å²) in [5.41, 5.74) is 5.87. The maximum atomic E-state index is 5.87. The molecular weight excluding hydrogens is 244 g/mol. The summed E-state index contributed by atoms with van der Waals surface area (Å²) in [5, 5.41) is 1.08. The molecule has 6 heteroatoms. The van der Waals surface area contributed by atoms with Crippen LogP contribution in [0.1, 0.15) is 11.3 Å². The summed E-state index contributed by atoms with van der Waals surface area (Å²) in [6.45, 7) is 3.14. The van der Waals surface area contributed by atoms with Gasteiger partial charge in [-0.05, 0) is 6.42 Å². The SMILES string of the molecule is CN(C)c1ncc(CN2CC[C@@H](N)C2)s1.Cl. The molecule has 2 N–H and O–H groups in total. The van der Waals surface area contributed by atoms with Crippen molar-refractivity contribution in [1.29, 1.82) is 0 Å². The van der Waals surface area contributed by atoms with Crippen molar-refractivity contribution < 1.29 is 0 Å². The minimum absolute atomic E-state index is 0. The van der Waals surface area contributed by atoms with E-state index in [1.54, 1.807) is 11.3 Å². The molecule has 0 aromatic carbocycles. The highest BCUT2D eigenvalue weighted by Gasteiger charge is 2.19. The molecular formula is C10H19ClN4S.